The Labute approximate surface area is 170 Å². The third-order valence-electron chi connectivity index (χ3n) is 5.35. The van der Waals surface area contributed by atoms with Crippen LogP contribution in [0.15, 0.2) is 24.3 Å². The Morgan fingerprint density at radius 3 is 2.62 bits per heavy atom. The van der Waals surface area contributed by atoms with Gasteiger partial charge in [-0.3, -0.25) is 14.4 Å². The summed E-state index contributed by atoms with van der Waals surface area (Å²) in [6.07, 6.45) is 4.44. The van der Waals surface area contributed by atoms with Crippen LogP contribution >= 0.6 is 0 Å². The number of ether oxygens (including phenoxy) is 3. The van der Waals surface area contributed by atoms with Gasteiger partial charge in [0.05, 0.1) is 19.6 Å². The van der Waals surface area contributed by atoms with Crippen LogP contribution in [0.3, 0.4) is 0 Å². The third kappa shape index (κ3) is 5.62. The highest BCUT2D eigenvalue weighted by molar-refractivity contribution is 5.88. The standard InChI is InChI=1S/C21H28N2O6/c1-27-17-8-4-5-9-18(17)28-11-10-22-19(24)14-29-21(26)15-12-20(25)23(13-15)16-6-2-3-7-16/h4-5,8-9,15-16H,2-3,6-7,10-14H2,1H3,(H,22,24)/t15-/m1/s1. The summed E-state index contributed by atoms with van der Waals surface area (Å²) in [5.74, 6) is -0.154. The van der Waals surface area contributed by atoms with E-state index in [0.717, 1.165) is 25.7 Å². The van der Waals surface area contributed by atoms with E-state index in [1.54, 1.807) is 19.2 Å². The third-order valence-corrected chi connectivity index (χ3v) is 5.35. The zero-order valence-corrected chi connectivity index (χ0v) is 16.7. The van der Waals surface area contributed by atoms with E-state index in [2.05, 4.69) is 5.32 Å². The molecule has 1 aliphatic carbocycles. The summed E-state index contributed by atoms with van der Waals surface area (Å²) in [6.45, 7) is 0.567. The average molecular weight is 404 g/mol. The van der Waals surface area contributed by atoms with Crippen molar-refractivity contribution in [3.8, 4) is 11.5 Å². The number of likely N-dealkylation sites (tertiary alicyclic amines) is 1. The van der Waals surface area contributed by atoms with Crippen LogP contribution in [0.4, 0.5) is 0 Å². The van der Waals surface area contributed by atoms with Crippen LogP contribution in [-0.4, -0.2) is 62.1 Å². The predicted octanol–water partition coefficient (Wildman–Crippen LogP) is 1.52. The number of esters is 1. The van der Waals surface area contributed by atoms with Crippen LogP contribution < -0.4 is 14.8 Å². The highest BCUT2D eigenvalue weighted by Gasteiger charge is 2.39. The number of para-hydroxylation sites is 2. The van der Waals surface area contributed by atoms with E-state index in [-0.39, 0.29) is 38.1 Å². The zero-order chi connectivity index (χ0) is 20.6. The molecule has 0 aromatic heterocycles. The Bertz CT molecular complexity index is 732. The fourth-order valence-electron chi connectivity index (χ4n) is 3.85. The fourth-order valence-corrected chi connectivity index (χ4v) is 3.85. The zero-order valence-electron chi connectivity index (χ0n) is 16.7. The van der Waals surface area contributed by atoms with E-state index in [0.29, 0.717) is 18.0 Å². The number of nitrogens with zero attached hydrogens (tertiary/aromatic N) is 1. The van der Waals surface area contributed by atoms with Gasteiger partial charge in [0.25, 0.3) is 5.91 Å². The van der Waals surface area contributed by atoms with Crippen molar-refractivity contribution in [1.29, 1.82) is 0 Å². The molecule has 1 N–H and O–H groups in total. The molecule has 8 heteroatoms. The van der Waals surface area contributed by atoms with Crippen LogP contribution in [-0.2, 0) is 19.1 Å². The van der Waals surface area contributed by atoms with Crippen LogP contribution in [0, 0.1) is 5.92 Å². The predicted molar refractivity (Wildman–Crippen MR) is 105 cm³/mol. The summed E-state index contributed by atoms with van der Waals surface area (Å²) in [6, 6.07) is 7.49. The quantitative estimate of drug-likeness (QED) is 0.495. The van der Waals surface area contributed by atoms with Crippen molar-refractivity contribution < 1.29 is 28.6 Å². The summed E-state index contributed by atoms with van der Waals surface area (Å²) in [4.78, 5) is 38.1. The Morgan fingerprint density at radius 2 is 1.90 bits per heavy atom. The second-order valence-electron chi connectivity index (χ2n) is 7.34. The van der Waals surface area contributed by atoms with Gasteiger partial charge in [0.2, 0.25) is 5.91 Å². The lowest BCUT2D eigenvalue weighted by atomic mass is 10.1. The molecule has 2 fully saturated rings. The largest absolute Gasteiger partial charge is 0.493 e. The van der Waals surface area contributed by atoms with Gasteiger partial charge in [-0.05, 0) is 25.0 Å². The fraction of sp³-hybridized carbons (Fsp3) is 0.571. The Hall–Kier alpha value is -2.77. The molecule has 29 heavy (non-hydrogen) atoms. The molecule has 1 aromatic carbocycles. The number of carbonyl (C=O) groups is 3. The number of nitrogens with one attached hydrogen (secondary N) is 1. The lowest BCUT2D eigenvalue weighted by molar-refractivity contribution is -0.152. The minimum Gasteiger partial charge on any atom is -0.493 e. The first-order valence-corrected chi connectivity index (χ1v) is 10.1. The molecule has 0 unspecified atom stereocenters. The monoisotopic (exact) mass is 404 g/mol. The normalized spacial score (nSPS) is 19.3. The molecule has 3 rings (SSSR count). The number of hydrogen-bond acceptors (Lipinski definition) is 6. The smallest absolute Gasteiger partial charge is 0.311 e. The van der Waals surface area contributed by atoms with Crippen LogP contribution in [0.25, 0.3) is 0 Å². The van der Waals surface area contributed by atoms with E-state index in [1.807, 2.05) is 17.0 Å². The van der Waals surface area contributed by atoms with E-state index in [1.165, 1.54) is 0 Å². The van der Waals surface area contributed by atoms with Crippen molar-refractivity contribution in [2.45, 2.75) is 38.1 Å². The number of hydrogen-bond donors (Lipinski definition) is 1. The molecule has 1 atom stereocenters. The molecule has 0 bridgehead atoms. The average Bonchev–Trinajstić information content (AvgIpc) is 3.39. The van der Waals surface area contributed by atoms with Crippen LogP contribution in [0.5, 0.6) is 11.5 Å². The first-order valence-electron chi connectivity index (χ1n) is 10.1. The van der Waals surface area contributed by atoms with Crippen molar-refractivity contribution in [2.24, 2.45) is 5.92 Å². The van der Waals surface area contributed by atoms with Crippen LogP contribution in [0.2, 0.25) is 0 Å². The molecule has 0 spiro atoms. The Kier molecular flexibility index (Phi) is 7.32. The van der Waals surface area contributed by atoms with Crippen molar-refractivity contribution in [3.63, 3.8) is 0 Å². The van der Waals surface area contributed by atoms with E-state index in [4.69, 9.17) is 14.2 Å². The van der Waals surface area contributed by atoms with Gasteiger partial charge < -0.3 is 24.4 Å². The molecule has 8 nitrogen and oxygen atoms in total. The maximum atomic E-state index is 12.2. The van der Waals surface area contributed by atoms with Crippen molar-refractivity contribution in [2.75, 3.05) is 33.4 Å². The van der Waals surface area contributed by atoms with Gasteiger partial charge in [0.15, 0.2) is 18.1 Å². The number of amides is 2. The molecule has 1 aliphatic heterocycles. The summed E-state index contributed by atoms with van der Waals surface area (Å²) in [7, 11) is 1.56. The van der Waals surface area contributed by atoms with E-state index >= 15 is 0 Å². The molecule has 158 valence electrons. The summed E-state index contributed by atoms with van der Waals surface area (Å²) in [5, 5.41) is 2.64. The lowest BCUT2D eigenvalue weighted by Gasteiger charge is -2.23. The SMILES string of the molecule is COc1ccccc1OCCNC(=O)COC(=O)[C@@H]1CC(=O)N(C2CCCC2)C1. The maximum absolute atomic E-state index is 12.2. The van der Waals surface area contributed by atoms with Crippen LogP contribution in [0.1, 0.15) is 32.1 Å². The van der Waals surface area contributed by atoms with Gasteiger partial charge in [-0.15, -0.1) is 0 Å². The molecule has 1 saturated carbocycles. The second-order valence-corrected chi connectivity index (χ2v) is 7.34. The van der Waals surface area contributed by atoms with Gasteiger partial charge in [-0.25, -0.2) is 0 Å². The van der Waals surface area contributed by atoms with Crippen molar-refractivity contribution >= 4 is 17.8 Å². The molecular formula is C21H28N2O6. The van der Waals surface area contributed by atoms with Gasteiger partial charge in [0.1, 0.15) is 6.61 Å². The highest BCUT2D eigenvalue weighted by Crippen LogP contribution is 2.30. The van der Waals surface area contributed by atoms with Gasteiger partial charge in [-0.1, -0.05) is 25.0 Å². The molecule has 2 aliphatic rings. The lowest BCUT2D eigenvalue weighted by Crippen LogP contribution is -2.36. The van der Waals surface area contributed by atoms with Gasteiger partial charge in [-0.2, -0.15) is 0 Å². The van der Waals surface area contributed by atoms with Crippen molar-refractivity contribution in [1.82, 2.24) is 10.2 Å². The summed E-state index contributed by atoms with van der Waals surface area (Å²) >= 11 is 0. The minimum absolute atomic E-state index is 0.0109. The minimum atomic E-state index is -0.487. The molecule has 2 amide bonds. The maximum Gasteiger partial charge on any atom is 0.311 e. The number of carbonyl (C=O) groups excluding carboxylic acids is 3. The van der Waals surface area contributed by atoms with E-state index in [9.17, 15) is 14.4 Å². The first-order chi connectivity index (χ1) is 14.1. The van der Waals surface area contributed by atoms with Gasteiger partial charge >= 0.3 is 5.97 Å². The van der Waals surface area contributed by atoms with Crippen molar-refractivity contribution in [3.05, 3.63) is 24.3 Å². The van der Waals surface area contributed by atoms with Gasteiger partial charge in [0, 0.05) is 19.0 Å². The highest BCUT2D eigenvalue weighted by atomic mass is 16.5. The Balaban J connectivity index is 1.33. The number of methoxy groups -OCH3 is 1. The summed E-state index contributed by atoms with van der Waals surface area (Å²) < 4.78 is 15.9. The molecular weight excluding hydrogens is 376 g/mol. The topological polar surface area (TPSA) is 94.2 Å². The number of rotatable bonds is 9. The number of benzene rings is 1. The summed E-state index contributed by atoms with van der Waals surface area (Å²) in [5.41, 5.74) is 0. The Morgan fingerprint density at radius 1 is 1.17 bits per heavy atom. The molecule has 0 radical (unpaired) electrons. The second kappa shape index (κ2) is 10.1. The van der Waals surface area contributed by atoms with E-state index < -0.39 is 17.8 Å². The molecule has 1 aromatic rings. The first kappa shape index (κ1) is 21.0. The molecule has 1 heterocycles. The molecule has 1 saturated heterocycles.